The van der Waals surface area contributed by atoms with Gasteiger partial charge < -0.3 is 20.3 Å². The maximum atomic E-state index is 13.7. The van der Waals surface area contributed by atoms with Crippen LogP contribution in [0.1, 0.15) is 72.1 Å². The van der Waals surface area contributed by atoms with Gasteiger partial charge in [-0.2, -0.15) is 0 Å². The zero-order valence-corrected chi connectivity index (χ0v) is 25.8. The lowest BCUT2D eigenvalue weighted by Crippen LogP contribution is -2.58. The van der Waals surface area contributed by atoms with Crippen LogP contribution in [0, 0.1) is 5.92 Å². The van der Waals surface area contributed by atoms with Crippen molar-refractivity contribution >= 4 is 56.8 Å². The first kappa shape index (κ1) is 31.3. The Kier molecular flexibility index (Phi) is 9.39. The number of halogens is 1. The molecule has 4 amide bonds. The first-order valence-electron chi connectivity index (χ1n) is 13.8. The molecule has 11 nitrogen and oxygen atoms in total. The lowest BCUT2D eigenvalue weighted by Gasteiger charge is -2.30. The molecule has 3 N–H and O–H groups in total. The Bertz CT molecular complexity index is 1320. The van der Waals surface area contributed by atoms with Gasteiger partial charge in [0.1, 0.15) is 27.4 Å². The third-order valence-corrected chi connectivity index (χ3v) is 10.4. The lowest BCUT2D eigenvalue weighted by molar-refractivity contribution is -0.141. The van der Waals surface area contributed by atoms with Crippen LogP contribution in [0.3, 0.4) is 0 Å². The fourth-order valence-corrected chi connectivity index (χ4v) is 7.77. The molecular weight excluding hydrogens is 592 g/mol. The Balaban J connectivity index is 1.56. The van der Waals surface area contributed by atoms with Gasteiger partial charge in [-0.3, -0.25) is 14.4 Å². The minimum absolute atomic E-state index is 0.112. The number of sulfonamides is 1. The molecule has 3 aliphatic rings. The van der Waals surface area contributed by atoms with E-state index in [0.717, 1.165) is 24.2 Å². The van der Waals surface area contributed by atoms with Crippen LogP contribution in [0.4, 0.5) is 4.79 Å². The van der Waals surface area contributed by atoms with Crippen LogP contribution in [-0.4, -0.2) is 66.9 Å². The molecule has 4 rings (SSSR count). The number of nitrogens with zero attached hydrogens (tertiary/aromatic N) is 1. The van der Waals surface area contributed by atoms with Crippen LogP contribution in [-0.2, 0) is 29.1 Å². The second kappa shape index (κ2) is 12.3. The summed E-state index contributed by atoms with van der Waals surface area (Å²) < 4.78 is 33.4. The largest absolute Gasteiger partial charge is 0.444 e. The zero-order valence-electron chi connectivity index (χ0n) is 23.4. The summed E-state index contributed by atoms with van der Waals surface area (Å²) in [5.41, 5.74) is -2.21. The van der Waals surface area contributed by atoms with E-state index < -0.39 is 57.1 Å². The molecule has 0 aromatic carbocycles. The van der Waals surface area contributed by atoms with Crippen LogP contribution >= 0.6 is 22.9 Å². The molecule has 226 valence electrons. The van der Waals surface area contributed by atoms with Gasteiger partial charge in [-0.25, -0.2) is 17.9 Å². The summed E-state index contributed by atoms with van der Waals surface area (Å²) >= 11 is 6.71. The molecule has 2 fully saturated rings. The number of hydrogen-bond donors (Lipinski definition) is 3. The molecule has 1 saturated carbocycles. The fraction of sp³-hybridized carbons (Fsp3) is 0.630. The van der Waals surface area contributed by atoms with Gasteiger partial charge in [-0.15, -0.1) is 11.3 Å². The van der Waals surface area contributed by atoms with Crippen LogP contribution in [0.2, 0.25) is 4.34 Å². The number of carbonyl (C=O) groups excluding carboxylic acids is 4. The van der Waals surface area contributed by atoms with Crippen molar-refractivity contribution in [2.75, 3.05) is 6.54 Å². The van der Waals surface area contributed by atoms with Crippen LogP contribution in [0.5, 0.6) is 0 Å². The first-order valence-corrected chi connectivity index (χ1v) is 16.5. The van der Waals surface area contributed by atoms with Gasteiger partial charge in [-0.05, 0) is 71.4 Å². The summed E-state index contributed by atoms with van der Waals surface area (Å²) in [5, 5.41) is 5.49. The number of alkyl carbamates (subject to hydrolysis) is 1. The van der Waals surface area contributed by atoms with E-state index in [4.69, 9.17) is 16.3 Å². The molecule has 1 aliphatic carbocycles. The second-order valence-electron chi connectivity index (χ2n) is 11.7. The number of ether oxygens (including phenoxy) is 1. The topological polar surface area (TPSA) is 151 Å². The first-order chi connectivity index (χ1) is 19.2. The summed E-state index contributed by atoms with van der Waals surface area (Å²) in [6.07, 6.45) is 7.66. The highest BCUT2D eigenvalue weighted by molar-refractivity contribution is 7.92. The Morgan fingerprint density at radius 1 is 1.15 bits per heavy atom. The highest BCUT2D eigenvalue weighted by atomic mass is 35.5. The molecule has 4 atom stereocenters. The van der Waals surface area contributed by atoms with Gasteiger partial charge in [0.15, 0.2) is 0 Å². The lowest BCUT2D eigenvalue weighted by atomic mass is 10.0. The molecule has 0 unspecified atom stereocenters. The SMILES string of the molecule is CC(C)(C)OC(=O)N[C@H]1CCCCCC=C[C@@H]2C[C@@]2(C(=O)NS(=O)(=O)c2ccc(Cl)s2)NC(=O)[C@@H]2CCCN2C1=O. The van der Waals surface area contributed by atoms with Crippen molar-refractivity contribution in [2.45, 2.75) is 99.6 Å². The molecule has 2 aliphatic heterocycles. The number of fused-ring (bicyclic) bond motifs is 2. The highest BCUT2D eigenvalue weighted by Crippen LogP contribution is 2.46. The average Bonchev–Trinajstić information content (AvgIpc) is 3.19. The Morgan fingerprint density at radius 2 is 1.90 bits per heavy atom. The van der Waals surface area contributed by atoms with Crippen molar-refractivity contribution in [2.24, 2.45) is 5.92 Å². The summed E-state index contributed by atoms with van der Waals surface area (Å²) in [6, 6.07) is 1.00. The van der Waals surface area contributed by atoms with Crippen molar-refractivity contribution in [3.05, 3.63) is 28.6 Å². The van der Waals surface area contributed by atoms with Crippen LogP contribution in [0.15, 0.2) is 28.5 Å². The van der Waals surface area contributed by atoms with Crippen molar-refractivity contribution in [1.82, 2.24) is 20.3 Å². The Morgan fingerprint density at radius 3 is 2.59 bits per heavy atom. The summed E-state index contributed by atoms with van der Waals surface area (Å²) in [4.78, 5) is 54.7. The predicted octanol–water partition coefficient (Wildman–Crippen LogP) is 3.49. The van der Waals surface area contributed by atoms with Gasteiger partial charge in [0, 0.05) is 12.5 Å². The standard InChI is InChI=1S/C27H37ClN4O7S2/c1-26(2,3)39-25(36)29-18-11-8-6-4-5-7-10-17-16-27(17,30-22(33)19-12-9-15-32(19)23(18)34)24(35)31-41(37,38)21-14-13-20(28)40-21/h7,10,13-14,17-19H,4-6,8-9,11-12,15-16H2,1-3H3,(H,29,36)(H,30,33)(H,31,35)/t17-,18+,19+,27-/m1/s1. The fourth-order valence-electron chi connectivity index (χ4n) is 5.25. The van der Waals surface area contributed by atoms with E-state index in [1.807, 2.05) is 12.2 Å². The van der Waals surface area contributed by atoms with Gasteiger partial charge in [0.05, 0.1) is 4.34 Å². The number of hydrogen-bond acceptors (Lipinski definition) is 8. The minimum atomic E-state index is -4.20. The smallest absolute Gasteiger partial charge is 0.408 e. The van der Waals surface area contributed by atoms with E-state index in [1.165, 1.54) is 17.0 Å². The Hall–Kier alpha value is -2.64. The van der Waals surface area contributed by atoms with E-state index in [2.05, 4.69) is 15.4 Å². The van der Waals surface area contributed by atoms with Gasteiger partial charge in [0.2, 0.25) is 11.8 Å². The van der Waals surface area contributed by atoms with Gasteiger partial charge in [-0.1, -0.05) is 36.6 Å². The third-order valence-electron chi connectivity index (χ3n) is 7.37. The van der Waals surface area contributed by atoms with Gasteiger partial charge >= 0.3 is 6.09 Å². The predicted molar refractivity (Wildman–Crippen MR) is 154 cm³/mol. The normalized spacial score (nSPS) is 27.5. The van der Waals surface area contributed by atoms with Crippen molar-refractivity contribution < 1.29 is 32.3 Å². The quantitative estimate of drug-likeness (QED) is 0.432. The maximum Gasteiger partial charge on any atom is 0.408 e. The molecular formula is C27H37ClN4O7S2. The van der Waals surface area contributed by atoms with E-state index in [1.54, 1.807) is 20.8 Å². The van der Waals surface area contributed by atoms with E-state index in [0.29, 0.717) is 38.6 Å². The third kappa shape index (κ3) is 7.61. The molecule has 1 saturated heterocycles. The number of amides is 4. The average molecular weight is 629 g/mol. The second-order valence-corrected chi connectivity index (χ2v) is 15.3. The molecule has 0 spiro atoms. The Labute approximate surface area is 249 Å². The van der Waals surface area contributed by atoms with Crippen molar-refractivity contribution in [1.29, 1.82) is 0 Å². The van der Waals surface area contributed by atoms with E-state index in [-0.39, 0.29) is 20.9 Å². The van der Waals surface area contributed by atoms with Crippen LogP contribution < -0.4 is 15.4 Å². The molecule has 41 heavy (non-hydrogen) atoms. The highest BCUT2D eigenvalue weighted by Gasteiger charge is 2.61. The van der Waals surface area contributed by atoms with Crippen molar-refractivity contribution in [3.8, 4) is 0 Å². The minimum Gasteiger partial charge on any atom is -0.444 e. The molecule has 1 aromatic rings. The number of carbonyl (C=O) groups is 4. The molecule has 0 bridgehead atoms. The monoisotopic (exact) mass is 628 g/mol. The van der Waals surface area contributed by atoms with E-state index in [9.17, 15) is 27.6 Å². The summed E-state index contributed by atoms with van der Waals surface area (Å²) in [6.45, 7) is 5.52. The molecule has 3 heterocycles. The number of nitrogens with one attached hydrogen (secondary N) is 3. The van der Waals surface area contributed by atoms with Crippen molar-refractivity contribution in [3.63, 3.8) is 0 Å². The number of rotatable bonds is 4. The molecule has 14 heteroatoms. The van der Waals surface area contributed by atoms with E-state index >= 15 is 0 Å². The summed E-state index contributed by atoms with van der Waals surface area (Å²) in [7, 11) is -4.20. The maximum absolute atomic E-state index is 13.7. The summed E-state index contributed by atoms with van der Waals surface area (Å²) in [5.74, 6) is -2.16. The number of allylic oxidation sites excluding steroid dienone is 1. The van der Waals surface area contributed by atoms with Crippen LogP contribution in [0.25, 0.3) is 0 Å². The zero-order chi connectivity index (χ0) is 30.0. The number of thiophene rings is 1. The molecule has 1 aromatic heterocycles. The van der Waals surface area contributed by atoms with Gasteiger partial charge in [0.25, 0.3) is 15.9 Å². The molecule has 0 radical (unpaired) electrons.